The van der Waals surface area contributed by atoms with Gasteiger partial charge in [-0.1, -0.05) is 24.3 Å². The van der Waals surface area contributed by atoms with E-state index in [0.717, 1.165) is 20.8 Å². The van der Waals surface area contributed by atoms with E-state index in [1.807, 2.05) is 52.0 Å². The fraction of sp³-hybridized carbons (Fsp3) is 0.526. The van der Waals surface area contributed by atoms with Crippen LogP contribution in [0.5, 0.6) is 0 Å². The Morgan fingerprint density at radius 3 is 2.00 bits per heavy atom. The number of benzene rings is 1. The number of hydrogen-bond acceptors (Lipinski definition) is 5. The lowest BCUT2D eigenvalue weighted by Crippen LogP contribution is -2.57. The molecule has 2 aliphatic rings. The van der Waals surface area contributed by atoms with Crippen molar-refractivity contribution in [3.05, 3.63) is 29.8 Å². The van der Waals surface area contributed by atoms with Crippen LogP contribution in [0.2, 0.25) is 0 Å². The molecule has 0 aromatic heterocycles. The average Bonchev–Trinajstić information content (AvgIpc) is 2.83. The molecule has 0 saturated carbocycles. The summed E-state index contributed by atoms with van der Waals surface area (Å²) in [5, 5.41) is 0. The summed E-state index contributed by atoms with van der Waals surface area (Å²) in [4.78, 5) is 38.7. The van der Waals surface area contributed by atoms with Crippen LogP contribution in [0.3, 0.4) is 0 Å². The first-order chi connectivity index (χ1) is 12.4. The monoisotopic (exact) mass is 372 g/mol. The first-order valence-electron chi connectivity index (χ1n) is 8.98. The zero-order valence-corrected chi connectivity index (χ0v) is 16.6. The SMILES string of the molecule is CN1C(=O)C(Cc2cccc(B3OC(C)(C)C(C)(C)O3)c2)C(=O)N(C)C1=O. The zero-order chi connectivity index (χ0) is 20.1. The van der Waals surface area contributed by atoms with Crippen molar-refractivity contribution in [2.45, 2.75) is 45.3 Å². The highest BCUT2D eigenvalue weighted by atomic mass is 16.7. The summed E-state index contributed by atoms with van der Waals surface area (Å²) in [6.07, 6.45) is 0.215. The molecule has 0 aliphatic carbocycles. The van der Waals surface area contributed by atoms with Gasteiger partial charge in [0, 0.05) is 14.1 Å². The third kappa shape index (κ3) is 3.28. The summed E-state index contributed by atoms with van der Waals surface area (Å²) in [7, 11) is 2.27. The molecule has 1 aromatic carbocycles. The first-order valence-corrected chi connectivity index (χ1v) is 8.98. The molecule has 2 heterocycles. The summed E-state index contributed by atoms with van der Waals surface area (Å²) in [5.41, 5.74) is 0.744. The smallest absolute Gasteiger partial charge is 0.399 e. The minimum absolute atomic E-state index is 0.215. The summed E-state index contributed by atoms with van der Waals surface area (Å²) in [6, 6.07) is 6.89. The molecular weight excluding hydrogens is 347 g/mol. The predicted octanol–water partition coefficient (Wildman–Crippen LogP) is 1.19. The van der Waals surface area contributed by atoms with Crippen LogP contribution < -0.4 is 5.46 Å². The lowest BCUT2D eigenvalue weighted by molar-refractivity contribution is -0.147. The van der Waals surface area contributed by atoms with Gasteiger partial charge in [0.2, 0.25) is 11.8 Å². The number of hydrogen-bond donors (Lipinski definition) is 0. The van der Waals surface area contributed by atoms with Gasteiger partial charge >= 0.3 is 13.1 Å². The van der Waals surface area contributed by atoms with Gasteiger partial charge in [0.1, 0.15) is 5.92 Å². The van der Waals surface area contributed by atoms with Crippen molar-refractivity contribution in [3.63, 3.8) is 0 Å². The van der Waals surface area contributed by atoms with E-state index in [2.05, 4.69) is 0 Å². The quantitative estimate of drug-likeness (QED) is 0.589. The van der Waals surface area contributed by atoms with Gasteiger partial charge in [0.15, 0.2) is 0 Å². The molecule has 1 aromatic rings. The summed E-state index contributed by atoms with van der Waals surface area (Å²) >= 11 is 0. The number of barbiturate groups is 1. The molecule has 0 N–H and O–H groups in total. The van der Waals surface area contributed by atoms with Gasteiger partial charge in [-0.2, -0.15) is 0 Å². The average molecular weight is 372 g/mol. The highest BCUT2D eigenvalue weighted by molar-refractivity contribution is 6.62. The Labute approximate surface area is 159 Å². The molecule has 0 spiro atoms. The molecule has 7 nitrogen and oxygen atoms in total. The number of carbonyl (C=O) groups is 3. The van der Waals surface area contributed by atoms with Gasteiger partial charge < -0.3 is 9.31 Å². The second-order valence-corrected chi connectivity index (χ2v) is 8.17. The number of carbonyl (C=O) groups excluding carboxylic acids is 3. The van der Waals surface area contributed by atoms with Crippen molar-refractivity contribution in [2.24, 2.45) is 5.92 Å². The van der Waals surface area contributed by atoms with E-state index in [4.69, 9.17) is 9.31 Å². The van der Waals surface area contributed by atoms with Crippen molar-refractivity contribution >= 4 is 30.4 Å². The molecule has 4 amide bonds. The van der Waals surface area contributed by atoms with Gasteiger partial charge in [0.05, 0.1) is 11.2 Å². The molecule has 3 rings (SSSR count). The van der Waals surface area contributed by atoms with E-state index in [-0.39, 0.29) is 6.42 Å². The Balaban J connectivity index is 1.82. The molecule has 2 fully saturated rings. The summed E-state index contributed by atoms with van der Waals surface area (Å²) in [6.45, 7) is 7.94. The molecule has 144 valence electrons. The van der Waals surface area contributed by atoms with Gasteiger partial charge in [-0.3, -0.25) is 19.4 Å². The molecule has 0 bridgehead atoms. The molecule has 2 saturated heterocycles. The van der Waals surface area contributed by atoms with Crippen LogP contribution >= 0.6 is 0 Å². The van der Waals surface area contributed by atoms with Crippen molar-refractivity contribution in [1.29, 1.82) is 0 Å². The van der Waals surface area contributed by atoms with Crippen LogP contribution in [0.15, 0.2) is 24.3 Å². The minimum Gasteiger partial charge on any atom is -0.399 e. The number of nitrogens with zero attached hydrogens (tertiary/aromatic N) is 2. The normalized spacial score (nSPS) is 22.7. The van der Waals surface area contributed by atoms with Gasteiger partial charge in [0.25, 0.3) is 0 Å². The largest absolute Gasteiger partial charge is 0.494 e. The van der Waals surface area contributed by atoms with Crippen LogP contribution in [0.4, 0.5) is 4.79 Å². The summed E-state index contributed by atoms with van der Waals surface area (Å²) < 4.78 is 12.1. The molecule has 2 aliphatic heterocycles. The Morgan fingerprint density at radius 2 is 1.48 bits per heavy atom. The lowest BCUT2D eigenvalue weighted by Gasteiger charge is -2.32. The number of amides is 4. The van der Waals surface area contributed by atoms with E-state index in [0.29, 0.717) is 0 Å². The van der Waals surface area contributed by atoms with Crippen LogP contribution in [0.25, 0.3) is 0 Å². The number of imide groups is 2. The number of rotatable bonds is 3. The molecule has 8 heteroatoms. The highest BCUT2D eigenvalue weighted by Gasteiger charge is 2.51. The van der Waals surface area contributed by atoms with Crippen molar-refractivity contribution < 1.29 is 23.7 Å². The van der Waals surface area contributed by atoms with Gasteiger partial charge in [-0.05, 0) is 45.1 Å². The van der Waals surface area contributed by atoms with E-state index in [1.54, 1.807) is 0 Å². The maximum absolute atomic E-state index is 12.4. The zero-order valence-electron chi connectivity index (χ0n) is 16.6. The fourth-order valence-corrected chi connectivity index (χ4v) is 3.24. The maximum atomic E-state index is 12.4. The van der Waals surface area contributed by atoms with E-state index in [9.17, 15) is 14.4 Å². The van der Waals surface area contributed by atoms with Crippen LogP contribution in [-0.4, -0.2) is 60.1 Å². The lowest BCUT2D eigenvalue weighted by atomic mass is 9.77. The van der Waals surface area contributed by atoms with Crippen molar-refractivity contribution in [1.82, 2.24) is 9.80 Å². The standard InChI is InChI=1S/C19H25BN2O5/c1-18(2)19(3,4)27-20(26-18)13-9-7-8-12(10-13)11-14-15(23)21(5)17(25)22(6)16(14)24/h7-10,14H,11H2,1-6H3. The van der Waals surface area contributed by atoms with Gasteiger partial charge in [-0.25, -0.2) is 4.79 Å². The Bertz CT molecular complexity index is 767. The summed E-state index contributed by atoms with van der Waals surface area (Å²) in [5.74, 6) is -1.88. The van der Waals surface area contributed by atoms with Crippen molar-refractivity contribution in [2.75, 3.05) is 14.1 Å². The van der Waals surface area contributed by atoms with Crippen LogP contribution in [0, 0.1) is 5.92 Å². The molecular formula is C19H25BN2O5. The van der Waals surface area contributed by atoms with Crippen molar-refractivity contribution in [3.8, 4) is 0 Å². The van der Waals surface area contributed by atoms with E-state index >= 15 is 0 Å². The second-order valence-electron chi connectivity index (χ2n) is 8.17. The van der Waals surface area contributed by atoms with E-state index in [1.165, 1.54) is 14.1 Å². The Morgan fingerprint density at radius 1 is 0.963 bits per heavy atom. The Kier molecular flexibility index (Phi) is 4.68. The second kappa shape index (κ2) is 6.46. The topological polar surface area (TPSA) is 76.2 Å². The van der Waals surface area contributed by atoms with Gasteiger partial charge in [-0.15, -0.1) is 0 Å². The number of urea groups is 1. The molecule has 0 atom stereocenters. The third-order valence-corrected chi connectivity index (χ3v) is 5.75. The predicted molar refractivity (Wildman–Crippen MR) is 100 cm³/mol. The van der Waals surface area contributed by atoms with Crippen LogP contribution in [-0.2, 0) is 25.3 Å². The third-order valence-electron chi connectivity index (χ3n) is 5.75. The minimum atomic E-state index is -0.911. The molecule has 0 radical (unpaired) electrons. The van der Waals surface area contributed by atoms with Crippen LogP contribution in [0.1, 0.15) is 33.3 Å². The fourth-order valence-electron chi connectivity index (χ4n) is 3.24. The van der Waals surface area contributed by atoms with E-state index < -0.39 is 42.1 Å². The molecule has 0 unspecified atom stereocenters. The first kappa shape index (κ1) is 19.6. The Hall–Kier alpha value is -2.19. The highest BCUT2D eigenvalue weighted by Crippen LogP contribution is 2.36. The molecule has 27 heavy (non-hydrogen) atoms. The maximum Gasteiger partial charge on any atom is 0.494 e.